The second-order valence-corrected chi connectivity index (χ2v) is 5.35. The first-order chi connectivity index (χ1) is 10.6. The lowest BCUT2D eigenvalue weighted by molar-refractivity contribution is 0.0692. The number of ether oxygens (including phenoxy) is 3. The number of rotatable bonds is 6. The van der Waals surface area contributed by atoms with Crippen LogP contribution < -0.4 is 14.2 Å². The van der Waals surface area contributed by atoms with Gasteiger partial charge in [-0.3, -0.25) is 0 Å². The third-order valence-electron chi connectivity index (χ3n) is 3.01. The van der Waals surface area contributed by atoms with Gasteiger partial charge >= 0.3 is 5.97 Å². The third kappa shape index (κ3) is 3.28. The van der Waals surface area contributed by atoms with Crippen molar-refractivity contribution in [3.8, 4) is 17.2 Å². The van der Waals surface area contributed by atoms with Gasteiger partial charge in [-0.25, -0.2) is 4.79 Å². The van der Waals surface area contributed by atoms with Crippen LogP contribution in [-0.2, 0) is 0 Å². The van der Waals surface area contributed by atoms with E-state index in [0.717, 1.165) is 4.90 Å². The molecule has 5 nitrogen and oxygen atoms in total. The van der Waals surface area contributed by atoms with Crippen LogP contribution in [0, 0.1) is 0 Å². The molecule has 0 spiro atoms. The number of hydrogen-bond donors (Lipinski definition) is 1. The van der Waals surface area contributed by atoms with E-state index in [1.165, 1.54) is 32.0 Å². The van der Waals surface area contributed by atoms with Gasteiger partial charge in [0.15, 0.2) is 11.5 Å². The first-order valence-corrected chi connectivity index (χ1v) is 7.22. The van der Waals surface area contributed by atoms with E-state index in [2.05, 4.69) is 0 Å². The number of carboxylic acid groups (broad SMARTS) is 1. The van der Waals surface area contributed by atoms with Crippen LogP contribution in [0.25, 0.3) is 0 Å². The lowest BCUT2D eigenvalue weighted by atomic mass is 10.2. The summed E-state index contributed by atoms with van der Waals surface area (Å²) in [4.78, 5) is 12.9. The highest BCUT2D eigenvalue weighted by atomic mass is 32.2. The van der Waals surface area contributed by atoms with E-state index in [9.17, 15) is 9.90 Å². The summed E-state index contributed by atoms with van der Waals surface area (Å²) in [6, 6.07) is 10.5. The van der Waals surface area contributed by atoms with Crippen LogP contribution in [0.5, 0.6) is 17.2 Å². The number of hydrogen-bond acceptors (Lipinski definition) is 5. The van der Waals surface area contributed by atoms with Crippen molar-refractivity contribution < 1.29 is 24.1 Å². The Bertz CT molecular complexity index is 684. The standard InChI is InChI=1S/C16H16O5S/c1-19-11-6-4-5-7-14(11)22-15-9-13(21-3)12(20-2)8-10(15)16(17)18/h4-9H,1-3H3,(H,17,18). The molecule has 0 bridgehead atoms. The van der Waals surface area contributed by atoms with Crippen molar-refractivity contribution in [1.82, 2.24) is 0 Å². The Morgan fingerprint density at radius 2 is 1.50 bits per heavy atom. The zero-order chi connectivity index (χ0) is 16.1. The molecule has 0 aliphatic heterocycles. The highest BCUT2D eigenvalue weighted by molar-refractivity contribution is 7.99. The van der Waals surface area contributed by atoms with E-state index < -0.39 is 5.97 Å². The van der Waals surface area contributed by atoms with Crippen LogP contribution in [0.15, 0.2) is 46.2 Å². The molecule has 0 aromatic heterocycles. The van der Waals surface area contributed by atoms with Gasteiger partial charge in [-0.1, -0.05) is 23.9 Å². The van der Waals surface area contributed by atoms with Crippen molar-refractivity contribution in [1.29, 1.82) is 0 Å². The molecule has 0 amide bonds. The van der Waals surface area contributed by atoms with Crippen molar-refractivity contribution in [2.45, 2.75) is 9.79 Å². The molecular weight excluding hydrogens is 304 g/mol. The lowest BCUT2D eigenvalue weighted by Gasteiger charge is -2.13. The molecule has 0 unspecified atom stereocenters. The van der Waals surface area contributed by atoms with E-state index in [4.69, 9.17) is 14.2 Å². The average Bonchev–Trinajstić information content (AvgIpc) is 2.54. The molecule has 0 saturated carbocycles. The Labute approximate surface area is 132 Å². The summed E-state index contributed by atoms with van der Waals surface area (Å²) in [6.45, 7) is 0. The molecule has 0 heterocycles. The second-order valence-electron chi connectivity index (χ2n) is 4.26. The van der Waals surface area contributed by atoms with Gasteiger partial charge in [0.1, 0.15) is 5.75 Å². The molecule has 0 radical (unpaired) electrons. The Balaban J connectivity index is 2.51. The number of aromatic carboxylic acids is 1. The highest BCUT2D eigenvalue weighted by Gasteiger charge is 2.18. The van der Waals surface area contributed by atoms with E-state index in [0.29, 0.717) is 22.1 Å². The number of para-hydroxylation sites is 1. The minimum absolute atomic E-state index is 0.147. The number of carbonyl (C=O) groups is 1. The number of benzene rings is 2. The van der Waals surface area contributed by atoms with Crippen LogP contribution in [0.4, 0.5) is 0 Å². The molecule has 22 heavy (non-hydrogen) atoms. The fourth-order valence-electron chi connectivity index (χ4n) is 1.93. The van der Waals surface area contributed by atoms with Crippen molar-refractivity contribution in [2.75, 3.05) is 21.3 Å². The van der Waals surface area contributed by atoms with Crippen LogP contribution in [0.1, 0.15) is 10.4 Å². The smallest absolute Gasteiger partial charge is 0.336 e. The predicted molar refractivity (Wildman–Crippen MR) is 83.6 cm³/mol. The molecule has 2 aromatic carbocycles. The second kappa shape index (κ2) is 7.09. The average molecular weight is 320 g/mol. The molecule has 2 aromatic rings. The van der Waals surface area contributed by atoms with Crippen LogP contribution >= 0.6 is 11.8 Å². The maximum Gasteiger partial charge on any atom is 0.336 e. The van der Waals surface area contributed by atoms with Gasteiger partial charge in [0.25, 0.3) is 0 Å². The molecule has 0 saturated heterocycles. The minimum Gasteiger partial charge on any atom is -0.496 e. The van der Waals surface area contributed by atoms with Crippen LogP contribution in [-0.4, -0.2) is 32.4 Å². The molecule has 6 heteroatoms. The normalized spacial score (nSPS) is 10.1. The maximum atomic E-state index is 11.5. The molecule has 1 N–H and O–H groups in total. The minimum atomic E-state index is -1.03. The summed E-state index contributed by atoms with van der Waals surface area (Å²) in [6.07, 6.45) is 0. The molecule has 0 aliphatic rings. The van der Waals surface area contributed by atoms with Gasteiger partial charge in [0.05, 0.1) is 31.8 Å². The molecule has 0 atom stereocenters. The topological polar surface area (TPSA) is 65.0 Å². The van der Waals surface area contributed by atoms with Gasteiger partial charge in [-0.2, -0.15) is 0 Å². The monoisotopic (exact) mass is 320 g/mol. The fraction of sp³-hybridized carbons (Fsp3) is 0.188. The Kier molecular flexibility index (Phi) is 5.16. The number of carboxylic acids is 1. The third-order valence-corrected chi connectivity index (χ3v) is 4.12. The summed E-state index contributed by atoms with van der Waals surface area (Å²) >= 11 is 1.30. The van der Waals surface area contributed by atoms with Crippen LogP contribution in [0.3, 0.4) is 0 Å². The Morgan fingerprint density at radius 3 is 2.09 bits per heavy atom. The molecule has 0 fully saturated rings. The van der Waals surface area contributed by atoms with Gasteiger partial charge in [-0.05, 0) is 24.3 Å². The van der Waals surface area contributed by atoms with Gasteiger partial charge < -0.3 is 19.3 Å². The van der Waals surface area contributed by atoms with Crippen molar-refractivity contribution in [3.63, 3.8) is 0 Å². The first kappa shape index (κ1) is 16.0. The Morgan fingerprint density at radius 1 is 0.909 bits per heavy atom. The van der Waals surface area contributed by atoms with E-state index in [1.807, 2.05) is 24.3 Å². The van der Waals surface area contributed by atoms with Crippen molar-refractivity contribution >= 4 is 17.7 Å². The van der Waals surface area contributed by atoms with E-state index >= 15 is 0 Å². The molecule has 116 valence electrons. The molecule has 2 rings (SSSR count). The SMILES string of the molecule is COc1cc(Sc2ccccc2OC)c(C(=O)O)cc1OC. The predicted octanol–water partition coefficient (Wildman–Crippen LogP) is 3.56. The van der Waals surface area contributed by atoms with E-state index in [1.54, 1.807) is 13.2 Å². The fourth-order valence-corrected chi connectivity index (χ4v) is 2.99. The summed E-state index contributed by atoms with van der Waals surface area (Å²) < 4.78 is 15.7. The number of methoxy groups -OCH3 is 3. The summed E-state index contributed by atoms with van der Waals surface area (Å²) in [5, 5.41) is 9.41. The summed E-state index contributed by atoms with van der Waals surface area (Å²) in [5.41, 5.74) is 0.147. The van der Waals surface area contributed by atoms with E-state index in [-0.39, 0.29) is 5.56 Å². The van der Waals surface area contributed by atoms with Gasteiger partial charge in [-0.15, -0.1) is 0 Å². The first-order valence-electron chi connectivity index (χ1n) is 6.41. The molecular formula is C16H16O5S. The van der Waals surface area contributed by atoms with Crippen molar-refractivity contribution in [2.24, 2.45) is 0 Å². The van der Waals surface area contributed by atoms with Gasteiger partial charge in [0.2, 0.25) is 0 Å². The largest absolute Gasteiger partial charge is 0.496 e. The van der Waals surface area contributed by atoms with Crippen LogP contribution in [0.2, 0.25) is 0 Å². The highest BCUT2D eigenvalue weighted by Crippen LogP contribution is 2.41. The van der Waals surface area contributed by atoms with Crippen molar-refractivity contribution in [3.05, 3.63) is 42.0 Å². The summed E-state index contributed by atoms with van der Waals surface area (Å²) in [5.74, 6) is 0.506. The maximum absolute atomic E-state index is 11.5. The summed E-state index contributed by atoms with van der Waals surface area (Å²) in [7, 11) is 4.55. The zero-order valence-electron chi connectivity index (χ0n) is 12.5. The quantitative estimate of drug-likeness (QED) is 0.878. The Hall–Kier alpha value is -2.34. The van der Waals surface area contributed by atoms with Gasteiger partial charge in [0, 0.05) is 4.90 Å². The molecule has 0 aliphatic carbocycles. The zero-order valence-corrected chi connectivity index (χ0v) is 13.3. The lowest BCUT2D eigenvalue weighted by Crippen LogP contribution is -2.01.